The summed E-state index contributed by atoms with van der Waals surface area (Å²) in [6, 6.07) is 10.2. The molecule has 0 saturated carbocycles. The van der Waals surface area contributed by atoms with E-state index >= 15 is 0 Å². The Balaban J connectivity index is 1.47. The molecule has 1 aliphatic heterocycles. The minimum Gasteiger partial charge on any atom is -0.384 e. The number of likely N-dealkylation sites (tertiary alicyclic amines) is 1. The first-order valence-corrected chi connectivity index (χ1v) is 12.1. The second kappa shape index (κ2) is 9.35. The number of fused-ring (bicyclic) bond motifs is 1. The first-order chi connectivity index (χ1) is 16.8. The first kappa shape index (κ1) is 23.4. The quantitative estimate of drug-likeness (QED) is 0.406. The Bertz CT molecular complexity index is 1400. The zero-order chi connectivity index (χ0) is 24.7. The Labute approximate surface area is 209 Å². The summed E-state index contributed by atoms with van der Waals surface area (Å²) >= 11 is 3.60. The number of rotatable bonds is 4. The van der Waals surface area contributed by atoms with Crippen LogP contribution in [-0.2, 0) is 4.79 Å². The first-order valence-electron chi connectivity index (χ1n) is 11.4. The molecule has 0 bridgehead atoms. The van der Waals surface area contributed by atoms with Crippen molar-refractivity contribution >= 4 is 33.3 Å². The third-order valence-electron chi connectivity index (χ3n) is 6.42. The average molecular weight is 539 g/mol. The molecule has 180 valence electrons. The summed E-state index contributed by atoms with van der Waals surface area (Å²) in [6.45, 7) is 2.57. The molecule has 3 N–H and O–H groups in total. The van der Waals surface area contributed by atoms with Gasteiger partial charge in [-0.3, -0.25) is 9.78 Å². The van der Waals surface area contributed by atoms with Crippen molar-refractivity contribution in [2.24, 2.45) is 0 Å². The van der Waals surface area contributed by atoms with Gasteiger partial charge in [-0.1, -0.05) is 18.2 Å². The van der Waals surface area contributed by atoms with E-state index in [4.69, 9.17) is 10.7 Å². The number of carbonyl (C=O) groups excluding carboxylic acids is 1. The number of amides is 1. The van der Waals surface area contributed by atoms with E-state index in [1.807, 2.05) is 6.07 Å². The van der Waals surface area contributed by atoms with Gasteiger partial charge in [0.1, 0.15) is 17.7 Å². The number of pyridine rings is 1. The average Bonchev–Trinajstić information content (AvgIpc) is 3.30. The molecular weight excluding hydrogens is 515 g/mol. The lowest BCUT2D eigenvalue weighted by Crippen LogP contribution is -2.42. The Morgan fingerprint density at radius 2 is 1.91 bits per heavy atom. The standard InChI is InChI=1S/C25H24BrFN6O2/c1-14(34)25(35)32-10-8-15(9-11-32)22-21(26)23(28)33-24(31-22)18(13-30-33)16-6-7-20(29-12-16)17-4-2-3-5-19(17)27/h2-7,12-15,34H,8-11,28H2,1H3/t14-/m1/s1. The summed E-state index contributed by atoms with van der Waals surface area (Å²) < 4.78 is 16.4. The van der Waals surface area contributed by atoms with Crippen LogP contribution in [0.25, 0.3) is 28.0 Å². The van der Waals surface area contributed by atoms with Crippen molar-refractivity contribution < 1.29 is 14.3 Å². The number of nitrogen functional groups attached to an aromatic ring is 1. The molecule has 1 atom stereocenters. The van der Waals surface area contributed by atoms with E-state index in [1.165, 1.54) is 13.0 Å². The zero-order valence-electron chi connectivity index (χ0n) is 19.0. The van der Waals surface area contributed by atoms with Gasteiger partial charge in [-0.05, 0) is 53.9 Å². The fraction of sp³-hybridized carbons (Fsp3) is 0.280. The lowest BCUT2D eigenvalue weighted by atomic mass is 9.93. The molecule has 1 amide bonds. The van der Waals surface area contributed by atoms with Gasteiger partial charge in [0.2, 0.25) is 0 Å². The number of nitrogens with zero attached hydrogens (tertiary/aromatic N) is 5. The Morgan fingerprint density at radius 1 is 1.17 bits per heavy atom. The number of aromatic nitrogens is 4. The van der Waals surface area contributed by atoms with Crippen LogP contribution in [-0.4, -0.2) is 54.7 Å². The number of hydrogen-bond acceptors (Lipinski definition) is 6. The van der Waals surface area contributed by atoms with Crippen molar-refractivity contribution in [1.82, 2.24) is 24.5 Å². The number of nitrogens with two attached hydrogens (primary N) is 1. The molecule has 4 aromatic rings. The SMILES string of the molecule is C[C@@H](O)C(=O)N1CCC(c2nc3c(-c4ccc(-c5ccccc5F)nc4)cnn3c(N)c2Br)CC1. The number of aliphatic hydroxyl groups excluding tert-OH is 1. The molecule has 1 aliphatic rings. The predicted octanol–water partition coefficient (Wildman–Crippen LogP) is 4.03. The van der Waals surface area contributed by atoms with Crippen LogP contribution in [0.5, 0.6) is 0 Å². The number of halogens is 2. The molecule has 10 heteroatoms. The summed E-state index contributed by atoms with van der Waals surface area (Å²) in [5.74, 6) is -0.0441. The largest absolute Gasteiger partial charge is 0.384 e. The molecule has 1 saturated heterocycles. The Hall–Kier alpha value is -3.37. The fourth-order valence-electron chi connectivity index (χ4n) is 4.51. The molecule has 1 fully saturated rings. The summed E-state index contributed by atoms with van der Waals surface area (Å²) in [4.78, 5) is 23.2. The number of anilines is 1. The molecule has 8 nitrogen and oxygen atoms in total. The van der Waals surface area contributed by atoms with Crippen molar-refractivity contribution in [2.45, 2.75) is 31.8 Å². The van der Waals surface area contributed by atoms with Crippen LogP contribution in [0.3, 0.4) is 0 Å². The molecule has 0 unspecified atom stereocenters. The van der Waals surface area contributed by atoms with Crippen LogP contribution in [0.15, 0.2) is 53.3 Å². The maximum atomic E-state index is 14.2. The maximum absolute atomic E-state index is 14.2. The van der Waals surface area contributed by atoms with Crippen LogP contribution < -0.4 is 5.73 Å². The third-order valence-corrected chi connectivity index (χ3v) is 7.24. The molecule has 0 spiro atoms. The van der Waals surface area contributed by atoms with Gasteiger partial charge in [0.25, 0.3) is 5.91 Å². The minimum absolute atomic E-state index is 0.0963. The van der Waals surface area contributed by atoms with Gasteiger partial charge in [-0.15, -0.1) is 0 Å². The smallest absolute Gasteiger partial charge is 0.251 e. The molecular formula is C25H24BrFN6O2. The van der Waals surface area contributed by atoms with Gasteiger partial charge in [0.05, 0.1) is 22.1 Å². The maximum Gasteiger partial charge on any atom is 0.251 e. The molecule has 35 heavy (non-hydrogen) atoms. The van der Waals surface area contributed by atoms with Crippen LogP contribution in [0.2, 0.25) is 0 Å². The van der Waals surface area contributed by atoms with E-state index in [1.54, 1.807) is 46.1 Å². The minimum atomic E-state index is -1.00. The van der Waals surface area contributed by atoms with Crippen molar-refractivity contribution in [3.05, 3.63) is 64.8 Å². The Morgan fingerprint density at radius 3 is 2.57 bits per heavy atom. The normalized spacial score (nSPS) is 15.5. The molecule has 5 rings (SSSR count). The van der Waals surface area contributed by atoms with Crippen molar-refractivity contribution in [3.63, 3.8) is 0 Å². The highest BCUT2D eigenvalue weighted by atomic mass is 79.9. The zero-order valence-corrected chi connectivity index (χ0v) is 20.6. The summed E-state index contributed by atoms with van der Waals surface area (Å²) in [5, 5.41) is 14.0. The van der Waals surface area contributed by atoms with Gasteiger partial charge >= 0.3 is 0 Å². The molecule has 3 aromatic heterocycles. The van der Waals surface area contributed by atoms with E-state index in [-0.39, 0.29) is 17.6 Å². The number of aliphatic hydroxyl groups is 1. The number of carbonyl (C=O) groups is 1. The van der Waals surface area contributed by atoms with Gasteiger partial charge in [0.15, 0.2) is 5.65 Å². The van der Waals surface area contributed by atoms with Crippen molar-refractivity contribution in [1.29, 1.82) is 0 Å². The van der Waals surface area contributed by atoms with E-state index in [9.17, 15) is 14.3 Å². The topological polar surface area (TPSA) is 110 Å². The van der Waals surface area contributed by atoms with Crippen LogP contribution in [0, 0.1) is 5.82 Å². The molecule has 4 heterocycles. The van der Waals surface area contributed by atoms with E-state index in [2.05, 4.69) is 26.0 Å². The van der Waals surface area contributed by atoms with Crippen molar-refractivity contribution in [3.8, 4) is 22.4 Å². The van der Waals surface area contributed by atoms with E-state index in [0.29, 0.717) is 53.1 Å². The highest BCUT2D eigenvalue weighted by molar-refractivity contribution is 9.10. The van der Waals surface area contributed by atoms with E-state index < -0.39 is 6.10 Å². The number of benzene rings is 1. The summed E-state index contributed by atoms with van der Waals surface area (Å²) in [5.41, 5.74) is 10.4. The molecule has 0 aliphatic carbocycles. The van der Waals surface area contributed by atoms with Crippen LogP contribution in [0.1, 0.15) is 31.4 Å². The number of hydrogen-bond donors (Lipinski definition) is 2. The second-order valence-corrected chi connectivity index (χ2v) is 9.47. The predicted molar refractivity (Wildman–Crippen MR) is 134 cm³/mol. The third kappa shape index (κ3) is 4.28. The highest BCUT2D eigenvalue weighted by Gasteiger charge is 2.29. The monoisotopic (exact) mass is 538 g/mol. The summed E-state index contributed by atoms with van der Waals surface area (Å²) in [7, 11) is 0. The van der Waals surface area contributed by atoms with Gasteiger partial charge in [0, 0.05) is 41.9 Å². The summed E-state index contributed by atoms with van der Waals surface area (Å²) in [6.07, 6.45) is 3.79. The molecule has 0 radical (unpaired) electrons. The van der Waals surface area contributed by atoms with Gasteiger partial charge < -0.3 is 15.7 Å². The van der Waals surface area contributed by atoms with Crippen LogP contribution in [0.4, 0.5) is 10.2 Å². The lowest BCUT2D eigenvalue weighted by molar-refractivity contribution is -0.140. The molecule has 1 aromatic carbocycles. The fourth-order valence-corrected chi connectivity index (χ4v) is 5.09. The van der Waals surface area contributed by atoms with Gasteiger partial charge in [-0.2, -0.15) is 9.61 Å². The second-order valence-electron chi connectivity index (χ2n) is 8.68. The van der Waals surface area contributed by atoms with Crippen molar-refractivity contribution in [2.75, 3.05) is 18.8 Å². The van der Waals surface area contributed by atoms with E-state index in [0.717, 1.165) is 16.8 Å². The van der Waals surface area contributed by atoms with Gasteiger partial charge in [-0.25, -0.2) is 9.37 Å². The van der Waals surface area contributed by atoms with Crippen LogP contribution >= 0.6 is 15.9 Å². The lowest BCUT2D eigenvalue weighted by Gasteiger charge is -2.33. The Kier molecular flexibility index (Phi) is 6.24. The highest BCUT2D eigenvalue weighted by Crippen LogP contribution is 2.37. The number of piperidine rings is 1.